The summed E-state index contributed by atoms with van der Waals surface area (Å²) in [7, 11) is -4.13. The van der Waals surface area contributed by atoms with Crippen molar-refractivity contribution in [3.63, 3.8) is 0 Å². The first-order chi connectivity index (χ1) is 17.4. The van der Waals surface area contributed by atoms with Gasteiger partial charge in [-0.3, -0.25) is 9.62 Å². The number of sulfonamides is 1. The number of carboxylic acid groups (broad SMARTS) is 1. The third-order valence-corrected chi connectivity index (χ3v) is 7.62. The van der Waals surface area contributed by atoms with Crippen molar-refractivity contribution >= 4 is 49.7 Å². The number of hydrogen-bond acceptors (Lipinski definition) is 7. The van der Waals surface area contributed by atoms with E-state index in [0.717, 1.165) is 48.7 Å². The second kappa shape index (κ2) is 12.1. The SMILES string of the molecule is O=C(O)C(F)(F)F.O=S(=O)(Nc1nccs1)c1cc(Cl)c(NCc2ccccc2CN2CCC2)cc1F. The molecule has 3 N–H and O–H groups in total. The Bertz CT molecular complexity index is 1330. The van der Waals surface area contributed by atoms with Crippen LogP contribution in [0.5, 0.6) is 0 Å². The normalized spacial score (nSPS) is 13.8. The largest absolute Gasteiger partial charge is 0.490 e. The van der Waals surface area contributed by atoms with Gasteiger partial charge in [0.1, 0.15) is 10.7 Å². The minimum atomic E-state index is -5.08. The number of nitrogens with zero attached hydrogens (tertiary/aromatic N) is 2. The third kappa shape index (κ3) is 8.02. The second-order valence-electron chi connectivity index (χ2n) is 7.76. The first kappa shape index (κ1) is 28.6. The van der Waals surface area contributed by atoms with E-state index < -0.39 is 32.9 Å². The van der Waals surface area contributed by atoms with E-state index in [9.17, 15) is 26.0 Å². The van der Waals surface area contributed by atoms with E-state index in [0.29, 0.717) is 12.2 Å². The van der Waals surface area contributed by atoms with E-state index in [1.54, 1.807) is 5.38 Å². The van der Waals surface area contributed by atoms with E-state index in [1.165, 1.54) is 18.2 Å². The van der Waals surface area contributed by atoms with E-state index in [4.69, 9.17) is 21.5 Å². The van der Waals surface area contributed by atoms with Crippen LogP contribution < -0.4 is 10.0 Å². The lowest BCUT2D eigenvalue weighted by molar-refractivity contribution is -0.192. The number of anilines is 2. The molecule has 0 aliphatic carbocycles. The van der Waals surface area contributed by atoms with Gasteiger partial charge in [-0.1, -0.05) is 35.9 Å². The second-order valence-corrected chi connectivity index (χ2v) is 10.7. The van der Waals surface area contributed by atoms with Crippen molar-refractivity contribution in [3.05, 3.63) is 69.9 Å². The van der Waals surface area contributed by atoms with Gasteiger partial charge in [0.2, 0.25) is 0 Å². The molecular weight excluding hydrogens is 560 g/mol. The van der Waals surface area contributed by atoms with Gasteiger partial charge in [-0.15, -0.1) is 11.3 Å². The lowest BCUT2D eigenvalue weighted by Gasteiger charge is -2.31. The van der Waals surface area contributed by atoms with Crippen molar-refractivity contribution in [2.24, 2.45) is 0 Å². The van der Waals surface area contributed by atoms with Crippen LogP contribution in [0.4, 0.5) is 28.4 Å². The highest BCUT2D eigenvalue weighted by molar-refractivity contribution is 7.93. The number of carboxylic acids is 1. The number of aromatic nitrogens is 1. The number of likely N-dealkylation sites (tertiary alicyclic amines) is 1. The number of alkyl halides is 3. The number of rotatable bonds is 8. The fourth-order valence-electron chi connectivity index (χ4n) is 3.17. The molecule has 0 spiro atoms. The average molecular weight is 581 g/mol. The van der Waals surface area contributed by atoms with Crippen molar-refractivity contribution in [2.45, 2.75) is 30.6 Å². The molecule has 3 aromatic rings. The van der Waals surface area contributed by atoms with Gasteiger partial charge in [-0.05, 0) is 42.8 Å². The first-order valence-electron chi connectivity index (χ1n) is 10.6. The number of carbonyl (C=O) groups is 1. The molecule has 2 heterocycles. The average Bonchev–Trinajstić information content (AvgIpc) is 3.29. The summed E-state index contributed by atoms with van der Waals surface area (Å²) in [5.74, 6) is -3.65. The van der Waals surface area contributed by atoms with Crippen LogP contribution in [0.15, 0.2) is 52.9 Å². The maximum Gasteiger partial charge on any atom is 0.490 e. The van der Waals surface area contributed by atoms with Gasteiger partial charge < -0.3 is 10.4 Å². The van der Waals surface area contributed by atoms with Crippen molar-refractivity contribution in [1.82, 2.24) is 9.88 Å². The Morgan fingerprint density at radius 2 is 1.84 bits per heavy atom. The lowest BCUT2D eigenvalue weighted by Crippen LogP contribution is -2.36. The number of benzene rings is 2. The summed E-state index contributed by atoms with van der Waals surface area (Å²) >= 11 is 7.37. The van der Waals surface area contributed by atoms with Crippen LogP contribution in [-0.2, 0) is 27.9 Å². The van der Waals surface area contributed by atoms with Gasteiger partial charge in [0, 0.05) is 24.7 Å². The summed E-state index contributed by atoms with van der Waals surface area (Å²) < 4.78 is 73.6. The summed E-state index contributed by atoms with van der Waals surface area (Å²) in [6, 6.07) is 10.3. The van der Waals surface area contributed by atoms with Crippen molar-refractivity contribution in [1.29, 1.82) is 0 Å². The molecule has 0 atom stereocenters. The Kier molecular flexibility index (Phi) is 9.34. The van der Waals surface area contributed by atoms with Crippen LogP contribution in [-0.4, -0.2) is 48.6 Å². The molecule has 37 heavy (non-hydrogen) atoms. The van der Waals surface area contributed by atoms with Gasteiger partial charge in [0.25, 0.3) is 10.0 Å². The molecule has 1 fully saturated rings. The van der Waals surface area contributed by atoms with E-state index in [1.807, 2.05) is 18.2 Å². The molecule has 0 bridgehead atoms. The Labute approximate surface area is 219 Å². The summed E-state index contributed by atoms with van der Waals surface area (Å²) in [5.41, 5.74) is 2.62. The Balaban J connectivity index is 0.000000479. The molecule has 0 amide bonds. The van der Waals surface area contributed by atoms with Crippen molar-refractivity contribution in [2.75, 3.05) is 23.1 Å². The van der Waals surface area contributed by atoms with E-state index in [2.05, 4.69) is 26.0 Å². The topological polar surface area (TPSA) is 112 Å². The molecule has 200 valence electrons. The number of nitrogens with one attached hydrogen (secondary N) is 2. The zero-order valence-corrected chi connectivity index (χ0v) is 21.3. The maximum atomic E-state index is 14.6. The molecule has 0 radical (unpaired) electrons. The van der Waals surface area contributed by atoms with Crippen LogP contribution in [0.3, 0.4) is 0 Å². The van der Waals surface area contributed by atoms with Gasteiger partial charge in [-0.2, -0.15) is 13.2 Å². The maximum absolute atomic E-state index is 14.6. The summed E-state index contributed by atoms with van der Waals surface area (Å²) in [5, 5.41) is 12.2. The minimum absolute atomic E-state index is 0.121. The molecule has 1 aliphatic heterocycles. The van der Waals surface area contributed by atoms with Crippen molar-refractivity contribution < 1.29 is 35.9 Å². The predicted octanol–water partition coefficient (Wildman–Crippen LogP) is 5.19. The summed E-state index contributed by atoms with van der Waals surface area (Å²) in [6.45, 7) is 3.53. The van der Waals surface area contributed by atoms with Crippen LogP contribution in [0, 0.1) is 5.82 Å². The number of thiazole rings is 1. The molecule has 1 aromatic heterocycles. The molecule has 4 rings (SSSR count). The van der Waals surface area contributed by atoms with Crippen LogP contribution in [0.1, 0.15) is 17.5 Å². The monoisotopic (exact) mass is 580 g/mol. The molecule has 8 nitrogen and oxygen atoms in total. The molecule has 1 aliphatic rings. The smallest absolute Gasteiger partial charge is 0.475 e. The summed E-state index contributed by atoms with van der Waals surface area (Å²) in [6.07, 6.45) is -2.40. The highest BCUT2D eigenvalue weighted by Crippen LogP contribution is 2.30. The fraction of sp³-hybridized carbons (Fsp3) is 0.273. The fourth-order valence-corrected chi connectivity index (χ4v) is 5.34. The van der Waals surface area contributed by atoms with E-state index >= 15 is 0 Å². The van der Waals surface area contributed by atoms with Crippen LogP contribution >= 0.6 is 22.9 Å². The molecule has 15 heteroatoms. The summed E-state index contributed by atoms with van der Waals surface area (Å²) in [4.78, 5) is 14.6. The standard InChI is InChI=1S/C20H20ClFN4O2S2.C2HF3O2/c21-16-10-19(30(27,28)25-20-23-6-9-29-20)17(22)11-18(16)24-12-14-4-1-2-5-15(14)13-26-7-3-8-26;3-2(4,5)1(6)7/h1-2,4-6,9-11,24H,3,7-8,12-13H2,(H,23,25);(H,6,7). The molecule has 0 saturated carbocycles. The molecule has 1 saturated heterocycles. The first-order valence-corrected chi connectivity index (χ1v) is 13.4. The van der Waals surface area contributed by atoms with Crippen LogP contribution in [0.25, 0.3) is 0 Å². The number of hydrogen-bond donors (Lipinski definition) is 3. The zero-order chi connectivity index (χ0) is 27.2. The van der Waals surface area contributed by atoms with E-state index in [-0.39, 0.29) is 10.2 Å². The Hall–Kier alpha value is -2.94. The van der Waals surface area contributed by atoms with Gasteiger partial charge >= 0.3 is 12.1 Å². The predicted molar refractivity (Wildman–Crippen MR) is 132 cm³/mol. The minimum Gasteiger partial charge on any atom is -0.475 e. The van der Waals surface area contributed by atoms with Gasteiger partial charge in [0.05, 0.1) is 10.7 Å². The lowest BCUT2D eigenvalue weighted by atomic mass is 10.1. The molecule has 0 unspecified atom stereocenters. The zero-order valence-electron chi connectivity index (χ0n) is 18.9. The third-order valence-electron chi connectivity index (χ3n) is 5.14. The highest BCUT2D eigenvalue weighted by Gasteiger charge is 2.38. The number of halogens is 5. The van der Waals surface area contributed by atoms with Crippen molar-refractivity contribution in [3.8, 4) is 0 Å². The quantitative estimate of drug-likeness (QED) is 0.315. The van der Waals surface area contributed by atoms with Crippen LogP contribution in [0.2, 0.25) is 5.02 Å². The highest BCUT2D eigenvalue weighted by atomic mass is 35.5. The van der Waals surface area contributed by atoms with Gasteiger partial charge in [-0.25, -0.2) is 22.6 Å². The number of aliphatic carboxylic acids is 1. The molecular formula is C22H21ClF4N4O4S2. The van der Waals surface area contributed by atoms with Gasteiger partial charge in [0.15, 0.2) is 5.13 Å². The Morgan fingerprint density at radius 3 is 2.38 bits per heavy atom. The molecule has 2 aromatic carbocycles. The Morgan fingerprint density at radius 1 is 1.19 bits per heavy atom.